The van der Waals surface area contributed by atoms with E-state index in [1.165, 1.54) is 63.2 Å². The van der Waals surface area contributed by atoms with Crippen molar-refractivity contribution in [2.75, 3.05) is 36.8 Å². The quantitative estimate of drug-likeness (QED) is 0.232. The van der Waals surface area contributed by atoms with Crippen molar-refractivity contribution in [1.82, 2.24) is 8.61 Å². The highest BCUT2D eigenvalue weighted by atomic mass is 35.5. The molecule has 3 aromatic rings. The summed E-state index contributed by atoms with van der Waals surface area (Å²) < 4.78 is 54.5. The lowest BCUT2D eigenvalue weighted by Crippen LogP contribution is -2.30. The van der Waals surface area contributed by atoms with Gasteiger partial charge in [0.15, 0.2) is 0 Å². The maximum atomic E-state index is 13.3. The monoisotopic (exact) mass is 688 g/mol. The molecule has 3 aromatic carbocycles. The van der Waals surface area contributed by atoms with Crippen molar-refractivity contribution in [3.8, 4) is 0 Å². The summed E-state index contributed by atoms with van der Waals surface area (Å²) in [5.74, 6) is -1.51. The van der Waals surface area contributed by atoms with Gasteiger partial charge in [0, 0.05) is 31.2 Å². The van der Waals surface area contributed by atoms with E-state index in [0.29, 0.717) is 0 Å². The summed E-state index contributed by atoms with van der Waals surface area (Å²) in [6.07, 6.45) is 0. The molecule has 10 nitrogen and oxygen atoms in total. The van der Waals surface area contributed by atoms with Crippen LogP contribution >= 0.6 is 34.8 Å². The van der Waals surface area contributed by atoms with Gasteiger partial charge in [-0.3, -0.25) is 9.59 Å². The van der Waals surface area contributed by atoms with Gasteiger partial charge in [-0.1, -0.05) is 62.5 Å². The molecule has 43 heavy (non-hydrogen) atoms. The number of sulfonamides is 2. The molecule has 0 saturated carbocycles. The molecule has 2 amide bonds. The zero-order valence-corrected chi connectivity index (χ0v) is 27.7. The summed E-state index contributed by atoms with van der Waals surface area (Å²) in [6.45, 7) is 7.77. The number of halogens is 3. The molecule has 0 fully saturated rings. The molecule has 0 aliphatic rings. The molecule has 0 aliphatic carbocycles. The molecule has 0 spiro atoms. The Balaban J connectivity index is 1.96. The Morgan fingerprint density at radius 1 is 0.605 bits per heavy atom. The Morgan fingerprint density at radius 3 is 1.40 bits per heavy atom. The minimum atomic E-state index is -3.88. The van der Waals surface area contributed by atoms with Gasteiger partial charge < -0.3 is 10.6 Å². The molecule has 3 rings (SSSR count). The summed E-state index contributed by atoms with van der Waals surface area (Å²) >= 11 is 18.7. The Bertz CT molecular complexity index is 1740. The van der Waals surface area contributed by atoms with Crippen molar-refractivity contribution in [3.63, 3.8) is 0 Å². The summed E-state index contributed by atoms with van der Waals surface area (Å²) in [5, 5.41) is 5.48. The van der Waals surface area contributed by atoms with Crippen LogP contribution in [0.1, 0.15) is 48.4 Å². The second-order valence-electron chi connectivity index (χ2n) is 9.06. The third-order valence-electron chi connectivity index (χ3n) is 6.53. The molecular weight excluding hydrogens is 659 g/mol. The zero-order valence-electron chi connectivity index (χ0n) is 23.8. The van der Waals surface area contributed by atoms with Gasteiger partial charge in [0.25, 0.3) is 11.8 Å². The number of nitrogens with one attached hydrogen (secondary N) is 2. The third-order valence-corrected chi connectivity index (χ3v) is 11.5. The fourth-order valence-electron chi connectivity index (χ4n) is 4.21. The van der Waals surface area contributed by atoms with Crippen LogP contribution in [0.4, 0.5) is 11.4 Å². The van der Waals surface area contributed by atoms with Crippen LogP contribution in [0.2, 0.25) is 15.1 Å². The lowest BCUT2D eigenvalue weighted by molar-refractivity contribution is 0.101. The maximum Gasteiger partial charge on any atom is 0.257 e. The second kappa shape index (κ2) is 14.4. The zero-order chi connectivity index (χ0) is 32.1. The van der Waals surface area contributed by atoms with Gasteiger partial charge in [0.1, 0.15) is 0 Å². The van der Waals surface area contributed by atoms with Crippen molar-refractivity contribution >= 4 is 78.0 Å². The predicted molar refractivity (Wildman–Crippen MR) is 170 cm³/mol. The Hall–Kier alpha value is -2.71. The van der Waals surface area contributed by atoms with Crippen molar-refractivity contribution < 1.29 is 26.4 Å². The summed E-state index contributed by atoms with van der Waals surface area (Å²) in [7, 11) is -7.75. The van der Waals surface area contributed by atoms with Gasteiger partial charge in [-0.25, -0.2) is 16.8 Å². The fraction of sp³-hybridized carbons (Fsp3) is 0.286. The average molecular weight is 690 g/mol. The molecule has 0 aromatic heterocycles. The number of benzene rings is 3. The molecule has 0 radical (unpaired) electrons. The third kappa shape index (κ3) is 7.69. The predicted octanol–water partition coefficient (Wildman–Crippen LogP) is 6.21. The van der Waals surface area contributed by atoms with Crippen LogP contribution in [0.25, 0.3) is 0 Å². The molecule has 0 atom stereocenters. The van der Waals surface area contributed by atoms with Gasteiger partial charge in [-0.2, -0.15) is 8.61 Å². The highest BCUT2D eigenvalue weighted by Crippen LogP contribution is 2.30. The van der Waals surface area contributed by atoms with Crippen molar-refractivity contribution in [3.05, 3.63) is 80.8 Å². The van der Waals surface area contributed by atoms with Crippen LogP contribution in [0.5, 0.6) is 0 Å². The number of hydrogen-bond donors (Lipinski definition) is 2. The molecule has 232 valence electrons. The van der Waals surface area contributed by atoms with E-state index in [2.05, 4.69) is 10.6 Å². The highest BCUT2D eigenvalue weighted by molar-refractivity contribution is 7.89. The number of nitrogens with zero attached hydrogens (tertiary/aromatic N) is 2. The SMILES string of the molecule is CCN(CC)S(=O)(=O)c1ccc(Cl)c(C(=O)Nc2ccc(Cl)cc2NC(=O)c2cc(S(=O)(=O)N(CC)CC)ccc2Cl)c1. The maximum absolute atomic E-state index is 13.3. The van der Waals surface area contributed by atoms with Gasteiger partial charge in [0.05, 0.1) is 42.3 Å². The molecule has 0 heterocycles. The molecule has 0 saturated heterocycles. The summed E-state index contributed by atoms with van der Waals surface area (Å²) in [4.78, 5) is 26.4. The van der Waals surface area contributed by atoms with Crippen molar-refractivity contribution in [2.45, 2.75) is 37.5 Å². The number of rotatable bonds is 12. The van der Waals surface area contributed by atoms with Gasteiger partial charge in [0.2, 0.25) is 20.0 Å². The smallest absolute Gasteiger partial charge is 0.257 e. The minimum absolute atomic E-state index is 0.00150. The molecular formula is C28H31Cl3N4O6S2. The lowest BCUT2D eigenvalue weighted by atomic mass is 10.1. The van der Waals surface area contributed by atoms with Crippen LogP contribution in [-0.4, -0.2) is 63.4 Å². The number of carbonyl (C=O) groups excluding carboxylic acids is 2. The Morgan fingerprint density at radius 2 is 1.00 bits per heavy atom. The first-order valence-corrected chi connectivity index (χ1v) is 17.2. The van der Waals surface area contributed by atoms with E-state index in [4.69, 9.17) is 34.8 Å². The second-order valence-corrected chi connectivity index (χ2v) is 14.2. The van der Waals surface area contributed by atoms with E-state index in [1.807, 2.05) is 0 Å². The lowest BCUT2D eigenvalue weighted by Gasteiger charge is -2.19. The number of amides is 2. The number of anilines is 2. The van der Waals surface area contributed by atoms with E-state index >= 15 is 0 Å². The standard InChI is InChI=1S/C28H31Cl3N4O6S2/c1-5-34(6-2)42(38,39)19-10-12-23(30)21(16-19)27(36)32-25-14-9-18(29)15-26(25)33-28(37)22-17-20(11-13-24(22)31)43(40,41)35(7-3)8-4/h9-17H,5-8H2,1-4H3,(H,32,36)(H,33,37). The average Bonchev–Trinajstić information content (AvgIpc) is 2.95. The topological polar surface area (TPSA) is 133 Å². The molecule has 15 heteroatoms. The Kier molecular flexibility index (Phi) is 11.6. The van der Waals surface area contributed by atoms with E-state index < -0.39 is 31.9 Å². The van der Waals surface area contributed by atoms with E-state index in [0.717, 1.165) is 0 Å². The van der Waals surface area contributed by atoms with Gasteiger partial charge in [-0.05, 0) is 54.6 Å². The minimum Gasteiger partial charge on any atom is -0.320 e. The first kappa shape index (κ1) is 34.8. The number of hydrogen-bond acceptors (Lipinski definition) is 6. The van der Waals surface area contributed by atoms with Crippen molar-refractivity contribution in [1.29, 1.82) is 0 Å². The Labute approximate surface area is 267 Å². The van der Waals surface area contributed by atoms with Crippen LogP contribution < -0.4 is 10.6 Å². The van der Waals surface area contributed by atoms with Crippen LogP contribution in [-0.2, 0) is 20.0 Å². The fourth-order valence-corrected chi connectivity index (χ4v) is 7.76. The van der Waals surface area contributed by atoms with Crippen molar-refractivity contribution in [2.24, 2.45) is 0 Å². The van der Waals surface area contributed by atoms with Crippen LogP contribution in [0.3, 0.4) is 0 Å². The molecule has 2 N–H and O–H groups in total. The summed E-state index contributed by atoms with van der Waals surface area (Å²) in [5.41, 5.74) is -0.0511. The van der Waals surface area contributed by atoms with Gasteiger partial charge in [-0.15, -0.1) is 0 Å². The first-order valence-electron chi connectivity index (χ1n) is 13.2. The van der Waals surface area contributed by atoms with Crippen LogP contribution in [0.15, 0.2) is 64.4 Å². The van der Waals surface area contributed by atoms with Crippen LogP contribution in [0, 0.1) is 0 Å². The normalized spacial score (nSPS) is 12.0. The van der Waals surface area contributed by atoms with E-state index in [1.54, 1.807) is 27.7 Å². The molecule has 0 aliphatic heterocycles. The molecule has 0 unspecified atom stereocenters. The van der Waals surface area contributed by atoms with Gasteiger partial charge >= 0.3 is 0 Å². The largest absolute Gasteiger partial charge is 0.320 e. The molecule has 0 bridgehead atoms. The summed E-state index contributed by atoms with van der Waals surface area (Å²) in [6, 6.07) is 11.9. The first-order chi connectivity index (χ1) is 20.2. The van der Waals surface area contributed by atoms with E-state index in [-0.39, 0.29) is 73.5 Å². The highest BCUT2D eigenvalue weighted by Gasteiger charge is 2.26. The van der Waals surface area contributed by atoms with E-state index in [9.17, 15) is 26.4 Å². The number of carbonyl (C=O) groups is 2.